The van der Waals surface area contributed by atoms with Crippen LogP contribution in [0.4, 0.5) is 5.69 Å². The lowest BCUT2D eigenvalue weighted by atomic mass is 9.92. The van der Waals surface area contributed by atoms with Gasteiger partial charge in [0.1, 0.15) is 0 Å². The number of hydrogen-bond acceptors (Lipinski definition) is 1. The first-order valence-corrected chi connectivity index (χ1v) is 8.00. The molecule has 0 aromatic heterocycles. The van der Waals surface area contributed by atoms with Crippen molar-refractivity contribution in [3.05, 3.63) is 27.8 Å². The minimum atomic E-state index is 0.125. The van der Waals surface area contributed by atoms with Crippen molar-refractivity contribution in [2.24, 2.45) is 11.8 Å². The third-order valence-corrected chi connectivity index (χ3v) is 4.58. The van der Waals surface area contributed by atoms with Crippen LogP contribution in [-0.2, 0) is 4.79 Å². The molecule has 1 amide bonds. The summed E-state index contributed by atoms with van der Waals surface area (Å²) >= 11 is 2.25. The molecule has 1 saturated heterocycles. The fourth-order valence-corrected chi connectivity index (χ4v) is 3.57. The Hall–Kier alpha value is -0.620. The maximum absolute atomic E-state index is 12.1. The Labute approximate surface area is 128 Å². The summed E-state index contributed by atoms with van der Waals surface area (Å²) in [6.45, 7) is 7.38. The van der Waals surface area contributed by atoms with Gasteiger partial charge in [0.2, 0.25) is 0 Å². The van der Waals surface area contributed by atoms with Crippen molar-refractivity contribution in [1.82, 2.24) is 0 Å². The van der Waals surface area contributed by atoms with E-state index < -0.39 is 0 Å². The number of hydrogen-bond donors (Lipinski definition) is 2. The molecule has 0 aliphatic carbocycles. The molecular weight excluding hydrogens is 351 g/mol. The molecule has 0 saturated carbocycles. The normalized spacial score (nSPS) is 27.0. The molecule has 0 bridgehead atoms. The number of nitrogens with one attached hydrogen (secondary N) is 2. The average Bonchev–Trinajstić information content (AvgIpc) is 2.30. The second-order valence-electron chi connectivity index (χ2n) is 5.81. The van der Waals surface area contributed by atoms with Crippen LogP contribution in [0, 0.1) is 15.4 Å². The molecule has 0 unspecified atom stereocenters. The van der Waals surface area contributed by atoms with Crippen LogP contribution in [0.1, 0.15) is 20.3 Å². The molecule has 3 nitrogen and oxygen atoms in total. The molecule has 1 aromatic rings. The summed E-state index contributed by atoms with van der Waals surface area (Å²) in [6, 6.07) is 7.90. The van der Waals surface area contributed by atoms with Crippen molar-refractivity contribution in [2.45, 2.75) is 20.3 Å². The Morgan fingerprint density at radius 1 is 1.32 bits per heavy atom. The molecule has 1 aliphatic rings. The van der Waals surface area contributed by atoms with Crippen molar-refractivity contribution in [3.63, 3.8) is 0 Å². The van der Waals surface area contributed by atoms with Crippen LogP contribution >= 0.6 is 22.6 Å². The molecule has 1 heterocycles. The van der Waals surface area contributed by atoms with E-state index in [1.54, 1.807) is 0 Å². The smallest absolute Gasteiger partial charge is 0.279 e. The number of piperidine rings is 1. The number of halogens is 1. The van der Waals surface area contributed by atoms with Crippen LogP contribution in [0.5, 0.6) is 0 Å². The molecule has 19 heavy (non-hydrogen) atoms. The third kappa shape index (κ3) is 4.45. The van der Waals surface area contributed by atoms with E-state index in [0.29, 0.717) is 6.54 Å². The zero-order chi connectivity index (χ0) is 13.8. The first kappa shape index (κ1) is 14.8. The van der Waals surface area contributed by atoms with E-state index in [9.17, 15) is 4.79 Å². The molecule has 104 valence electrons. The van der Waals surface area contributed by atoms with E-state index in [2.05, 4.69) is 41.8 Å². The lowest BCUT2D eigenvalue weighted by Gasteiger charge is -2.31. The Morgan fingerprint density at radius 2 is 1.95 bits per heavy atom. The Balaban J connectivity index is 1.89. The highest BCUT2D eigenvalue weighted by Gasteiger charge is 2.26. The predicted molar refractivity (Wildman–Crippen MR) is 86.3 cm³/mol. The zero-order valence-electron chi connectivity index (χ0n) is 11.6. The number of likely N-dealkylation sites (tertiary alicyclic amines) is 1. The lowest BCUT2D eigenvalue weighted by molar-refractivity contribution is -0.904. The highest BCUT2D eigenvalue weighted by atomic mass is 127. The average molecular weight is 373 g/mol. The van der Waals surface area contributed by atoms with Gasteiger partial charge in [-0.15, -0.1) is 0 Å². The van der Waals surface area contributed by atoms with Crippen molar-refractivity contribution >= 4 is 34.2 Å². The molecule has 0 spiro atoms. The van der Waals surface area contributed by atoms with Gasteiger partial charge in [0.05, 0.1) is 18.8 Å². The van der Waals surface area contributed by atoms with Crippen LogP contribution in [0.15, 0.2) is 24.3 Å². The monoisotopic (exact) mass is 373 g/mol. The van der Waals surface area contributed by atoms with E-state index in [0.717, 1.165) is 34.2 Å². The standard InChI is InChI=1S/C15H21IN2O/c1-11-7-12(2)9-18(8-11)10-15(19)17-14-6-4-3-5-13(14)16/h3-6,11-12H,7-10H2,1-2H3,(H,17,19)/p+1/t11-,12-/m0/s1. The minimum Gasteiger partial charge on any atom is -0.327 e. The minimum absolute atomic E-state index is 0.125. The number of anilines is 1. The summed E-state index contributed by atoms with van der Waals surface area (Å²) in [4.78, 5) is 13.5. The van der Waals surface area contributed by atoms with Crippen molar-refractivity contribution < 1.29 is 9.69 Å². The summed E-state index contributed by atoms with van der Waals surface area (Å²) in [5.41, 5.74) is 0.922. The largest absolute Gasteiger partial charge is 0.327 e. The van der Waals surface area contributed by atoms with Gasteiger partial charge in [-0.3, -0.25) is 4.79 Å². The molecule has 0 radical (unpaired) electrons. The Bertz CT molecular complexity index is 440. The maximum atomic E-state index is 12.1. The van der Waals surface area contributed by atoms with Gasteiger partial charge in [-0.2, -0.15) is 0 Å². The lowest BCUT2D eigenvalue weighted by Crippen LogP contribution is -3.15. The van der Waals surface area contributed by atoms with Gasteiger partial charge in [0, 0.05) is 15.4 Å². The number of quaternary nitrogens is 1. The van der Waals surface area contributed by atoms with E-state index in [1.165, 1.54) is 11.3 Å². The zero-order valence-corrected chi connectivity index (χ0v) is 13.7. The highest BCUT2D eigenvalue weighted by molar-refractivity contribution is 14.1. The number of para-hydroxylation sites is 1. The Morgan fingerprint density at radius 3 is 2.58 bits per heavy atom. The maximum Gasteiger partial charge on any atom is 0.279 e. The molecule has 2 rings (SSSR count). The van der Waals surface area contributed by atoms with Gasteiger partial charge < -0.3 is 10.2 Å². The van der Waals surface area contributed by atoms with E-state index >= 15 is 0 Å². The molecule has 1 fully saturated rings. The number of rotatable bonds is 3. The summed E-state index contributed by atoms with van der Waals surface area (Å²) < 4.78 is 1.09. The Kier molecular flexibility index (Phi) is 5.21. The van der Waals surface area contributed by atoms with Gasteiger partial charge in [0.25, 0.3) is 5.91 Å². The second-order valence-corrected chi connectivity index (χ2v) is 6.97. The van der Waals surface area contributed by atoms with Gasteiger partial charge in [-0.25, -0.2) is 0 Å². The quantitative estimate of drug-likeness (QED) is 0.779. The first-order chi connectivity index (χ1) is 9.04. The molecule has 4 heteroatoms. The van der Waals surface area contributed by atoms with Crippen LogP contribution in [0.25, 0.3) is 0 Å². The summed E-state index contributed by atoms with van der Waals surface area (Å²) in [6.07, 6.45) is 1.29. The highest BCUT2D eigenvalue weighted by Crippen LogP contribution is 2.16. The second kappa shape index (κ2) is 6.70. The molecular formula is C15H22IN2O+. The van der Waals surface area contributed by atoms with Crippen LogP contribution in [0.3, 0.4) is 0 Å². The fourth-order valence-electron chi connectivity index (χ4n) is 3.05. The summed E-state index contributed by atoms with van der Waals surface area (Å²) in [5.74, 6) is 1.58. The number of amides is 1. The fraction of sp³-hybridized carbons (Fsp3) is 0.533. The molecule has 1 aliphatic heterocycles. The van der Waals surface area contributed by atoms with Gasteiger partial charge in [0.15, 0.2) is 6.54 Å². The van der Waals surface area contributed by atoms with Crippen LogP contribution < -0.4 is 10.2 Å². The van der Waals surface area contributed by atoms with Crippen LogP contribution in [0.2, 0.25) is 0 Å². The van der Waals surface area contributed by atoms with Crippen molar-refractivity contribution in [2.75, 3.05) is 25.0 Å². The molecule has 2 atom stereocenters. The summed E-state index contributed by atoms with van der Waals surface area (Å²) in [7, 11) is 0. The van der Waals surface area contributed by atoms with Crippen molar-refractivity contribution in [1.29, 1.82) is 0 Å². The van der Waals surface area contributed by atoms with Gasteiger partial charge in [-0.05, 0) is 41.1 Å². The number of carbonyl (C=O) groups excluding carboxylic acids is 1. The van der Waals surface area contributed by atoms with E-state index in [1.807, 2.05) is 24.3 Å². The van der Waals surface area contributed by atoms with Crippen molar-refractivity contribution in [3.8, 4) is 0 Å². The van der Waals surface area contributed by atoms with Gasteiger partial charge >= 0.3 is 0 Å². The number of benzene rings is 1. The third-order valence-electron chi connectivity index (χ3n) is 3.64. The van der Waals surface area contributed by atoms with E-state index in [4.69, 9.17) is 0 Å². The molecule has 1 aromatic carbocycles. The summed E-state index contributed by atoms with van der Waals surface area (Å²) in [5, 5.41) is 3.02. The predicted octanol–water partition coefficient (Wildman–Crippen LogP) is 1.79. The first-order valence-electron chi connectivity index (χ1n) is 6.92. The van der Waals surface area contributed by atoms with Crippen LogP contribution in [-0.4, -0.2) is 25.5 Å². The topological polar surface area (TPSA) is 33.5 Å². The molecule has 2 N–H and O–H groups in total. The van der Waals surface area contributed by atoms with Gasteiger partial charge in [-0.1, -0.05) is 26.0 Å². The number of carbonyl (C=O) groups is 1. The van der Waals surface area contributed by atoms with E-state index in [-0.39, 0.29) is 5.91 Å². The SMILES string of the molecule is C[C@H]1C[C@H](C)C[NH+](CC(=O)Nc2ccccc2I)C1.